The molecule has 1 N–H and O–H groups in total. The summed E-state index contributed by atoms with van der Waals surface area (Å²) in [5.74, 6) is 0.0464. The topological polar surface area (TPSA) is 66.5 Å². The van der Waals surface area contributed by atoms with E-state index in [2.05, 4.69) is 5.32 Å². The van der Waals surface area contributed by atoms with Crippen LogP contribution in [0.25, 0.3) is 0 Å². The van der Waals surface area contributed by atoms with Gasteiger partial charge < -0.3 is 5.32 Å². The number of amides is 1. The maximum atomic E-state index is 12.9. The Kier molecular flexibility index (Phi) is 6.38. The Morgan fingerprint density at radius 3 is 2.25 bits per heavy atom. The molecule has 0 heterocycles. The lowest BCUT2D eigenvalue weighted by Gasteiger charge is -2.19. The van der Waals surface area contributed by atoms with E-state index in [1.165, 1.54) is 35.2 Å². The van der Waals surface area contributed by atoms with Gasteiger partial charge in [0, 0.05) is 17.6 Å². The van der Waals surface area contributed by atoms with Gasteiger partial charge in [0.25, 0.3) is 10.0 Å². The Bertz CT molecular complexity index is 1040. The van der Waals surface area contributed by atoms with Gasteiger partial charge in [-0.15, -0.1) is 11.8 Å². The minimum absolute atomic E-state index is 0.118. The third-order valence-electron chi connectivity index (χ3n) is 4.01. The summed E-state index contributed by atoms with van der Waals surface area (Å²) in [5, 5.41) is 2.76. The van der Waals surface area contributed by atoms with Crippen molar-refractivity contribution >= 4 is 39.1 Å². The summed E-state index contributed by atoms with van der Waals surface area (Å²) in [5.41, 5.74) is 1.01. The predicted molar refractivity (Wildman–Crippen MR) is 114 cm³/mol. The van der Waals surface area contributed by atoms with Crippen molar-refractivity contribution in [1.29, 1.82) is 0 Å². The van der Waals surface area contributed by atoms with Crippen LogP contribution in [0.3, 0.4) is 0 Å². The normalized spacial score (nSPS) is 11.0. The van der Waals surface area contributed by atoms with Gasteiger partial charge in [-0.3, -0.25) is 9.10 Å². The van der Waals surface area contributed by atoms with Crippen LogP contribution in [-0.2, 0) is 14.8 Å². The summed E-state index contributed by atoms with van der Waals surface area (Å²) < 4.78 is 27.0. The van der Waals surface area contributed by atoms with Crippen molar-refractivity contribution in [2.45, 2.75) is 9.79 Å². The van der Waals surface area contributed by atoms with Gasteiger partial charge in [-0.05, 0) is 42.5 Å². The molecule has 3 aromatic rings. The van der Waals surface area contributed by atoms with E-state index in [9.17, 15) is 13.2 Å². The van der Waals surface area contributed by atoms with E-state index in [1.807, 2.05) is 36.4 Å². The number of hydrogen-bond donors (Lipinski definition) is 1. The first kappa shape index (κ1) is 20.0. The zero-order valence-electron chi connectivity index (χ0n) is 15.3. The molecule has 0 fully saturated rings. The first-order chi connectivity index (χ1) is 13.5. The summed E-state index contributed by atoms with van der Waals surface area (Å²) >= 11 is 1.42. The van der Waals surface area contributed by atoms with E-state index in [4.69, 9.17) is 0 Å². The molecule has 0 saturated carbocycles. The molecule has 1 amide bonds. The van der Waals surface area contributed by atoms with Crippen LogP contribution in [0, 0.1) is 0 Å². The molecule has 0 aromatic heterocycles. The number of para-hydroxylation sites is 1. The maximum Gasteiger partial charge on any atom is 0.264 e. The number of carbonyl (C=O) groups is 1. The fourth-order valence-electron chi connectivity index (χ4n) is 2.53. The van der Waals surface area contributed by atoms with Gasteiger partial charge in [0.15, 0.2) is 0 Å². The molecule has 0 unspecified atom stereocenters. The first-order valence-corrected chi connectivity index (χ1v) is 11.0. The van der Waals surface area contributed by atoms with Crippen LogP contribution in [0.15, 0.2) is 94.7 Å². The van der Waals surface area contributed by atoms with Crippen LogP contribution >= 0.6 is 11.8 Å². The highest BCUT2D eigenvalue weighted by Gasteiger charge is 2.21. The highest BCUT2D eigenvalue weighted by atomic mass is 32.2. The van der Waals surface area contributed by atoms with Gasteiger partial charge in [-0.2, -0.15) is 0 Å². The smallest absolute Gasteiger partial charge is 0.264 e. The quantitative estimate of drug-likeness (QED) is 0.590. The van der Waals surface area contributed by atoms with Gasteiger partial charge in [0.05, 0.1) is 16.3 Å². The Hall–Kier alpha value is -2.77. The number of nitrogens with zero attached hydrogens (tertiary/aromatic N) is 1. The minimum Gasteiger partial charge on any atom is -0.325 e. The average Bonchev–Trinajstić information content (AvgIpc) is 2.73. The molecule has 0 aliphatic rings. The van der Waals surface area contributed by atoms with Crippen molar-refractivity contribution in [3.05, 3.63) is 84.9 Å². The van der Waals surface area contributed by atoms with Gasteiger partial charge in [-0.1, -0.05) is 42.5 Å². The molecule has 0 spiro atoms. The van der Waals surface area contributed by atoms with Gasteiger partial charge in [-0.25, -0.2) is 8.42 Å². The van der Waals surface area contributed by atoms with E-state index >= 15 is 0 Å². The number of thioether (sulfide) groups is 1. The van der Waals surface area contributed by atoms with Crippen molar-refractivity contribution < 1.29 is 13.2 Å². The Labute approximate surface area is 169 Å². The number of anilines is 2. The Morgan fingerprint density at radius 2 is 1.57 bits per heavy atom. The van der Waals surface area contributed by atoms with Crippen molar-refractivity contribution in [2.75, 3.05) is 22.4 Å². The fraction of sp³-hybridized carbons (Fsp3) is 0.0952. The largest absolute Gasteiger partial charge is 0.325 e. The second-order valence-corrected chi connectivity index (χ2v) is 9.00. The monoisotopic (exact) mass is 412 g/mol. The minimum atomic E-state index is -3.73. The molecule has 0 atom stereocenters. The molecule has 3 aromatic carbocycles. The number of rotatable bonds is 7. The van der Waals surface area contributed by atoms with E-state index in [0.29, 0.717) is 11.4 Å². The van der Waals surface area contributed by atoms with E-state index < -0.39 is 10.0 Å². The molecule has 144 valence electrons. The number of benzene rings is 3. The third kappa shape index (κ3) is 4.94. The highest BCUT2D eigenvalue weighted by Crippen LogP contribution is 2.24. The van der Waals surface area contributed by atoms with Gasteiger partial charge >= 0.3 is 0 Å². The summed E-state index contributed by atoms with van der Waals surface area (Å²) in [6, 6.07) is 24.7. The molecule has 0 radical (unpaired) electrons. The van der Waals surface area contributed by atoms with Gasteiger partial charge in [0.1, 0.15) is 0 Å². The molecule has 0 bridgehead atoms. The second-order valence-electron chi connectivity index (χ2n) is 5.99. The number of sulfonamides is 1. The standard InChI is InChI=1S/C21H20N2O3S2/c1-23(18-10-4-2-5-11-18)28(25,26)20-14-8-9-17(15-20)22-21(24)16-27-19-12-6-3-7-13-19/h2-15H,16H2,1H3,(H,22,24). The fourth-order valence-corrected chi connectivity index (χ4v) is 4.49. The summed E-state index contributed by atoms with van der Waals surface area (Å²) in [4.78, 5) is 13.3. The van der Waals surface area contributed by atoms with E-state index in [-0.39, 0.29) is 16.6 Å². The van der Waals surface area contributed by atoms with Crippen molar-refractivity contribution in [2.24, 2.45) is 0 Å². The maximum absolute atomic E-state index is 12.9. The zero-order valence-corrected chi connectivity index (χ0v) is 16.9. The van der Waals surface area contributed by atoms with Crippen LogP contribution in [0.2, 0.25) is 0 Å². The molecule has 3 rings (SSSR count). The lowest BCUT2D eigenvalue weighted by molar-refractivity contribution is -0.113. The third-order valence-corrected chi connectivity index (χ3v) is 6.80. The first-order valence-electron chi connectivity index (χ1n) is 8.58. The average molecular weight is 413 g/mol. The van der Waals surface area contributed by atoms with Crippen LogP contribution in [0.5, 0.6) is 0 Å². The molecule has 0 aliphatic carbocycles. The lowest BCUT2D eigenvalue weighted by atomic mass is 10.3. The van der Waals surface area contributed by atoms with Gasteiger partial charge in [0.2, 0.25) is 5.91 Å². The highest BCUT2D eigenvalue weighted by molar-refractivity contribution is 8.00. The predicted octanol–water partition coefficient (Wildman–Crippen LogP) is 4.24. The second kappa shape index (κ2) is 8.95. The van der Waals surface area contributed by atoms with Crippen molar-refractivity contribution in [1.82, 2.24) is 0 Å². The molecule has 0 saturated heterocycles. The summed E-state index contributed by atoms with van der Waals surface area (Å²) in [6.45, 7) is 0. The molecular weight excluding hydrogens is 392 g/mol. The Morgan fingerprint density at radius 1 is 0.929 bits per heavy atom. The van der Waals surface area contributed by atoms with Crippen LogP contribution in [-0.4, -0.2) is 27.1 Å². The van der Waals surface area contributed by atoms with Crippen LogP contribution < -0.4 is 9.62 Å². The molecule has 5 nitrogen and oxygen atoms in total. The lowest BCUT2D eigenvalue weighted by Crippen LogP contribution is -2.26. The van der Waals surface area contributed by atoms with Crippen LogP contribution in [0.4, 0.5) is 11.4 Å². The summed E-state index contributed by atoms with van der Waals surface area (Å²) in [7, 11) is -2.22. The van der Waals surface area contributed by atoms with Crippen molar-refractivity contribution in [3.63, 3.8) is 0 Å². The van der Waals surface area contributed by atoms with E-state index in [1.54, 1.807) is 36.4 Å². The summed E-state index contributed by atoms with van der Waals surface area (Å²) in [6.07, 6.45) is 0. The SMILES string of the molecule is CN(c1ccccc1)S(=O)(=O)c1cccc(NC(=O)CSc2ccccc2)c1. The number of carbonyl (C=O) groups excluding carboxylic acids is 1. The number of hydrogen-bond acceptors (Lipinski definition) is 4. The molecule has 28 heavy (non-hydrogen) atoms. The molecule has 7 heteroatoms. The zero-order chi connectivity index (χ0) is 20.0. The van der Waals surface area contributed by atoms with Crippen molar-refractivity contribution in [3.8, 4) is 0 Å². The van der Waals surface area contributed by atoms with Crippen LogP contribution in [0.1, 0.15) is 0 Å². The van der Waals surface area contributed by atoms with E-state index in [0.717, 1.165) is 4.90 Å². The number of nitrogens with one attached hydrogen (secondary N) is 1. The molecule has 0 aliphatic heterocycles. The Balaban J connectivity index is 1.70. The molecular formula is C21H20N2O3S2.